The number of amides is 1. The zero-order chi connectivity index (χ0) is 14.4. The number of benzene rings is 2. The van der Waals surface area contributed by atoms with Crippen LogP contribution in [0.5, 0.6) is 5.75 Å². The van der Waals surface area contributed by atoms with Crippen molar-refractivity contribution in [2.24, 2.45) is 5.73 Å². The van der Waals surface area contributed by atoms with E-state index in [1.807, 2.05) is 30.3 Å². The van der Waals surface area contributed by atoms with Crippen LogP contribution in [0.3, 0.4) is 0 Å². The van der Waals surface area contributed by atoms with Gasteiger partial charge in [0.05, 0.1) is 5.56 Å². The van der Waals surface area contributed by atoms with Gasteiger partial charge in [-0.05, 0) is 37.2 Å². The van der Waals surface area contributed by atoms with Crippen molar-refractivity contribution in [2.75, 3.05) is 18.0 Å². The molecule has 4 nitrogen and oxygen atoms in total. The van der Waals surface area contributed by atoms with Crippen molar-refractivity contribution in [3.8, 4) is 5.75 Å². The second-order valence-corrected chi connectivity index (χ2v) is 4.45. The molecular weight excluding hydrogens is 252 g/mol. The number of carbonyl (C=O) groups is 1. The molecule has 0 saturated carbocycles. The largest absolute Gasteiger partial charge is 0.507 e. The van der Waals surface area contributed by atoms with Gasteiger partial charge in [-0.15, -0.1) is 0 Å². The summed E-state index contributed by atoms with van der Waals surface area (Å²) in [5.74, 6) is -0.228. The van der Waals surface area contributed by atoms with Crippen molar-refractivity contribution >= 4 is 11.6 Å². The van der Waals surface area contributed by atoms with Crippen LogP contribution >= 0.6 is 0 Å². The lowest BCUT2D eigenvalue weighted by molar-refractivity contribution is 0.0984. The normalized spacial score (nSPS) is 10.2. The van der Waals surface area contributed by atoms with E-state index in [9.17, 15) is 9.90 Å². The molecule has 0 bridgehead atoms. The Morgan fingerprint density at radius 3 is 2.35 bits per heavy atom. The first-order valence-corrected chi connectivity index (χ1v) is 6.59. The topological polar surface area (TPSA) is 66.6 Å². The summed E-state index contributed by atoms with van der Waals surface area (Å²) in [5, 5.41) is 9.83. The molecule has 0 aliphatic rings. The highest BCUT2D eigenvalue weighted by molar-refractivity contribution is 6.07. The highest BCUT2D eigenvalue weighted by Crippen LogP contribution is 2.22. The van der Waals surface area contributed by atoms with Crippen molar-refractivity contribution in [2.45, 2.75) is 6.42 Å². The van der Waals surface area contributed by atoms with Gasteiger partial charge in [0.25, 0.3) is 5.91 Å². The predicted octanol–water partition coefficient (Wildman–Crippen LogP) is 2.39. The number of carbonyl (C=O) groups excluding carboxylic acids is 1. The van der Waals surface area contributed by atoms with Crippen molar-refractivity contribution in [3.05, 3.63) is 60.2 Å². The van der Waals surface area contributed by atoms with E-state index < -0.39 is 0 Å². The summed E-state index contributed by atoms with van der Waals surface area (Å²) in [6.07, 6.45) is 0.703. The first kappa shape index (κ1) is 14.1. The van der Waals surface area contributed by atoms with Crippen LogP contribution in [0.25, 0.3) is 0 Å². The van der Waals surface area contributed by atoms with Gasteiger partial charge in [-0.3, -0.25) is 4.79 Å². The van der Waals surface area contributed by atoms with E-state index in [1.165, 1.54) is 6.07 Å². The van der Waals surface area contributed by atoms with E-state index in [0.29, 0.717) is 25.1 Å². The van der Waals surface area contributed by atoms with Crippen LogP contribution in [0.1, 0.15) is 16.8 Å². The number of aromatic hydroxyl groups is 1. The van der Waals surface area contributed by atoms with Gasteiger partial charge in [-0.25, -0.2) is 0 Å². The van der Waals surface area contributed by atoms with Crippen LogP contribution in [0, 0.1) is 0 Å². The Balaban J connectivity index is 2.32. The van der Waals surface area contributed by atoms with Gasteiger partial charge in [0, 0.05) is 12.2 Å². The molecule has 0 atom stereocenters. The second-order valence-electron chi connectivity index (χ2n) is 4.45. The van der Waals surface area contributed by atoms with Crippen LogP contribution in [0.4, 0.5) is 5.69 Å². The molecule has 0 unspecified atom stereocenters. The number of hydrogen-bond donors (Lipinski definition) is 2. The average Bonchev–Trinajstić information content (AvgIpc) is 2.49. The molecule has 104 valence electrons. The Kier molecular flexibility index (Phi) is 4.74. The van der Waals surface area contributed by atoms with Crippen LogP contribution < -0.4 is 10.6 Å². The smallest absolute Gasteiger partial charge is 0.262 e. The van der Waals surface area contributed by atoms with Crippen molar-refractivity contribution < 1.29 is 9.90 Å². The summed E-state index contributed by atoms with van der Waals surface area (Å²) in [4.78, 5) is 14.2. The number of anilines is 1. The Hall–Kier alpha value is -2.33. The third-order valence-electron chi connectivity index (χ3n) is 3.03. The van der Waals surface area contributed by atoms with Crippen molar-refractivity contribution in [3.63, 3.8) is 0 Å². The highest BCUT2D eigenvalue weighted by Gasteiger charge is 2.19. The van der Waals surface area contributed by atoms with Crippen LogP contribution in [-0.2, 0) is 0 Å². The molecule has 1 amide bonds. The predicted molar refractivity (Wildman–Crippen MR) is 79.9 cm³/mol. The molecule has 20 heavy (non-hydrogen) atoms. The van der Waals surface area contributed by atoms with E-state index in [4.69, 9.17) is 5.73 Å². The quantitative estimate of drug-likeness (QED) is 0.876. The molecule has 2 aromatic rings. The fraction of sp³-hybridized carbons (Fsp3) is 0.188. The Labute approximate surface area is 118 Å². The summed E-state index contributed by atoms with van der Waals surface area (Å²) in [5.41, 5.74) is 6.64. The number of phenols is 1. The van der Waals surface area contributed by atoms with Gasteiger partial charge < -0.3 is 15.7 Å². The molecule has 0 radical (unpaired) electrons. The fourth-order valence-corrected chi connectivity index (χ4v) is 2.01. The molecule has 2 aromatic carbocycles. The van der Waals surface area contributed by atoms with Gasteiger partial charge in [-0.1, -0.05) is 30.3 Å². The van der Waals surface area contributed by atoms with E-state index in [0.717, 1.165) is 5.69 Å². The van der Waals surface area contributed by atoms with Crippen molar-refractivity contribution in [1.29, 1.82) is 0 Å². The minimum absolute atomic E-state index is 0.00817. The summed E-state index contributed by atoms with van der Waals surface area (Å²) in [6.45, 7) is 1.03. The SMILES string of the molecule is NCCCN(C(=O)c1ccccc1O)c1ccccc1. The van der Waals surface area contributed by atoms with E-state index in [-0.39, 0.29) is 11.7 Å². The number of para-hydroxylation sites is 2. The molecule has 0 saturated heterocycles. The lowest BCUT2D eigenvalue weighted by Crippen LogP contribution is -2.33. The minimum atomic E-state index is -0.220. The fourth-order valence-electron chi connectivity index (χ4n) is 2.01. The van der Waals surface area contributed by atoms with Gasteiger partial charge >= 0.3 is 0 Å². The molecule has 0 heterocycles. The monoisotopic (exact) mass is 270 g/mol. The summed E-state index contributed by atoms with van der Waals surface area (Å²) in [6, 6.07) is 16.0. The Morgan fingerprint density at radius 2 is 1.70 bits per heavy atom. The summed E-state index contributed by atoms with van der Waals surface area (Å²) in [7, 11) is 0. The molecular formula is C16H18N2O2. The minimum Gasteiger partial charge on any atom is -0.507 e. The summed E-state index contributed by atoms with van der Waals surface area (Å²) < 4.78 is 0. The Morgan fingerprint density at radius 1 is 1.05 bits per heavy atom. The first-order chi connectivity index (χ1) is 9.74. The second kappa shape index (κ2) is 6.73. The molecule has 3 N–H and O–H groups in total. The molecule has 4 heteroatoms. The zero-order valence-corrected chi connectivity index (χ0v) is 11.2. The molecule has 2 rings (SSSR count). The number of nitrogens with zero attached hydrogens (tertiary/aromatic N) is 1. The van der Waals surface area contributed by atoms with E-state index in [1.54, 1.807) is 23.1 Å². The maximum absolute atomic E-state index is 12.6. The lowest BCUT2D eigenvalue weighted by atomic mass is 10.1. The number of phenolic OH excluding ortho intramolecular Hbond substituents is 1. The zero-order valence-electron chi connectivity index (χ0n) is 11.2. The first-order valence-electron chi connectivity index (χ1n) is 6.59. The highest BCUT2D eigenvalue weighted by atomic mass is 16.3. The maximum Gasteiger partial charge on any atom is 0.262 e. The summed E-state index contributed by atoms with van der Waals surface area (Å²) >= 11 is 0. The number of hydrogen-bond acceptors (Lipinski definition) is 3. The number of rotatable bonds is 5. The van der Waals surface area contributed by atoms with Gasteiger partial charge in [0.15, 0.2) is 0 Å². The van der Waals surface area contributed by atoms with E-state index in [2.05, 4.69) is 0 Å². The third kappa shape index (κ3) is 3.16. The lowest BCUT2D eigenvalue weighted by Gasteiger charge is -2.23. The molecule has 0 aliphatic heterocycles. The molecule has 0 fully saturated rings. The maximum atomic E-state index is 12.6. The van der Waals surface area contributed by atoms with Crippen LogP contribution in [0.2, 0.25) is 0 Å². The molecule has 0 aliphatic carbocycles. The third-order valence-corrected chi connectivity index (χ3v) is 3.03. The Bertz CT molecular complexity index is 570. The van der Waals surface area contributed by atoms with E-state index >= 15 is 0 Å². The molecule has 0 spiro atoms. The van der Waals surface area contributed by atoms with Crippen molar-refractivity contribution in [1.82, 2.24) is 0 Å². The molecule has 0 aromatic heterocycles. The van der Waals surface area contributed by atoms with Gasteiger partial charge in [-0.2, -0.15) is 0 Å². The van der Waals surface area contributed by atoms with Crippen LogP contribution in [0.15, 0.2) is 54.6 Å². The van der Waals surface area contributed by atoms with Crippen LogP contribution in [-0.4, -0.2) is 24.1 Å². The number of nitrogens with two attached hydrogens (primary N) is 1. The van der Waals surface area contributed by atoms with Gasteiger partial charge in [0.2, 0.25) is 0 Å². The average molecular weight is 270 g/mol. The standard InChI is InChI=1S/C16H18N2O2/c17-11-6-12-18(13-7-2-1-3-8-13)16(20)14-9-4-5-10-15(14)19/h1-5,7-10,19H,6,11-12,17H2. The van der Waals surface area contributed by atoms with Gasteiger partial charge in [0.1, 0.15) is 5.75 Å².